The van der Waals surface area contributed by atoms with Gasteiger partial charge in [0, 0.05) is 12.6 Å². The molecule has 0 spiro atoms. The highest BCUT2D eigenvalue weighted by molar-refractivity contribution is 5.97. The van der Waals surface area contributed by atoms with E-state index in [2.05, 4.69) is 5.32 Å². The number of amides is 1. The third-order valence-electron chi connectivity index (χ3n) is 3.66. The number of anilines is 1. The van der Waals surface area contributed by atoms with Crippen LogP contribution in [0.25, 0.3) is 0 Å². The second-order valence-electron chi connectivity index (χ2n) is 5.18. The van der Waals surface area contributed by atoms with Gasteiger partial charge in [-0.3, -0.25) is 4.79 Å². The van der Waals surface area contributed by atoms with E-state index in [0.717, 1.165) is 19.5 Å². The molecule has 1 N–H and O–H groups in total. The largest absolute Gasteiger partial charge is 0.487 e. The van der Waals surface area contributed by atoms with Gasteiger partial charge < -0.3 is 15.0 Å². The minimum atomic E-state index is -0.345. The molecule has 0 aromatic heterocycles. The van der Waals surface area contributed by atoms with Crippen LogP contribution in [-0.4, -0.2) is 31.6 Å². The lowest BCUT2D eigenvalue weighted by molar-refractivity contribution is -0.122. The van der Waals surface area contributed by atoms with Crippen LogP contribution in [-0.2, 0) is 4.79 Å². The van der Waals surface area contributed by atoms with E-state index in [1.165, 1.54) is 12.1 Å². The van der Waals surface area contributed by atoms with Crippen molar-refractivity contribution in [2.45, 2.75) is 19.4 Å². The summed E-state index contributed by atoms with van der Waals surface area (Å²) in [4.78, 5) is 14.3. The number of nitrogens with one attached hydrogen (secondary N) is 1. The van der Waals surface area contributed by atoms with Gasteiger partial charge in [0.2, 0.25) is 5.91 Å². The Kier molecular flexibility index (Phi) is 3.14. The molecule has 1 saturated heterocycles. The first-order valence-electron chi connectivity index (χ1n) is 6.63. The van der Waals surface area contributed by atoms with Gasteiger partial charge in [-0.2, -0.15) is 0 Å². The molecule has 1 amide bonds. The van der Waals surface area contributed by atoms with Crippen molar-refractivity contribution >= 4 is 11.6 Å². The molecule has 3 rings (SSSR count). The van der Waals surface area contributed by atoms with Gasteiger partial charge in [0.15, 0.2) is 0 Å². The van der Waals surface area contributed by atoms with Crippen LogP contribution in [0.3, 0.4) is 0 Å². The minimum Gasteiger partial charge on any atom is -0.487 e. The average Bonchev–Trinajstić information content (AvgIpc) is 2.90. The molecule has 1 fully saturated rings. The van der Waals surface area contributed by atoms with E-state index in [0.29, 0.717) is 18.0 Å². The molecule has 1 aromatic carbocycles. The summed E-state index contributed by atoms with van der Waals surface area (Å²) in [6, 6.07) is 4.33. The zero-order valence-electron chi connectivity index (χ0n) is 10.9. The first-order valence-corrected chi connectivity index (χ1v) is 6.63. The summed E-state index contributed by atoms with van der Waals surface area (Å²) in [5.41, 5.74) is 0.677. The van der Waals surface area contributed by atoms with Gasteiger partial charge in [0.05, 0.1) is 18.2 Å². The van der Waals surface area contributed by atoms with Gasteiger partial charge in [0.25, 0.3) is 0 Å². The molecule has 2 atom stereocenters. The number of carbonyl (C=O) groups is 1. The molecular weight excluding hydrogens is 247 g/mol. The summed E-state index contributed by atoms with van der Waals surface area (Å²) in [7, 11) is 0. The van der Waals surface area contributed by atoms with Crippen molar-refractivity contribution in [1.29, 1.82) is 0 Å². The number of carbonyl (C=O) groups excluding carboxylic acids is 1. The van der Waals surface area contributed by atoms with Crippen molar-refractivity contribution < 1.29 is 13.9 Å². The van der Waals surface area contributed by atoms with Crippen LogP contribution in [0.1, 0.15) is 13.3 Å². The molecule has 0 saturated carbocycles. The normalized spacial score (nSPS) is 25.9. The maximum absolute atomic E-state index is 13.3. The fraction of sp³-hybridized carbons (Fsp3) is 0.500. The molecular formula is C14H17FN2O2. The van der Waals surface area contributed by atoms with Crippen LogP contribution in [0.15, 0.2) is 18.2 Å². The second-order valence-corrected chi connectivity index (χ2v) is 5.18. The first-order chi connectivity index (χ1) is 9.15. The molecule has 0 aliphatic carbocycles. The lowest BCUT2D eigenvalue weighted by Crippen LogP contribution is -2.45. The molecule has 5 heteroatoms. The van der Waals surface area contributed by atoms with Gasteiger partial charge in [0.1, 0.15) is 17.7 Å². The zero-order valence-corrected chi connectivity index (χ0v) is 10.9. The highest BCUT2D eigenvalue weighted by Gasteiger charge is 2.33. The molecule has 102 valence electrons. The molecule has 0 unspecified atom stereocenters. The van der Waals surface area contributed by atoms with E-state index in [4.69, 9.17) is 4.74 Å². The molecule has 2 heterocycles. The first kappa shape index (κ1) is 12.4. The third-order valence-corrected chi connectivity index (χ3v) is 3.66. The van der Waals surface area contributed by atoms with Crippen molar-refractivity contribution in [2.24, 2.45) is 5.92 Å². The number of ether oxygens (including phenoxy) is 1. The highest BCUT2D eigenvalue weighted by atomic mass is 19.1. The van der Waals surface area contributed by atoms with Crippen LogP contribution in [0.2, 0.25) is 0 Å². The van der Waals surface area contributed by atoms with Crippen LogP contribution >= 0.6 is 0 Å². The quantitative estimate of drug-likeness (QED) is 0.836. The number of halogens is 1. The number of rotatable bonds is 1. The third kappa shape index (κ3) is 2.30. The standard InChI is InChI=1S/C14H17FN2O2/c1-9-8-17(14(18)10-4-5-16-7-10)12-3-2-11(15)6-13(12)19-9/h2-3,6,9-10,16H,4-5,7-8H2,1H3/t9-,10-/m1/s1. The van der Waals surface area contributed by atoms with Gasteiger partial charge in [-0.05, 0) is 32.0 Å². The predicted octanol–water partition coefficient (Wildman–Crippen LogP) is 1.55. The molecule has 4 nitrogen and oxygen atoms in total. The van der Waals surface area contributed by atoms with Crippen molar-refractivity contribution in [3.8, 4) is 5.75 Å². The highest BCUT2D eigenvalue weighted by Crippen LogP contribution is 2.35. The van der Waals surface area contributed by atoms with E-state index in [9.17, 15) is 9.18 Å². The zero-order chi connectivity index (χ0) is 13.4. The van der Waals surface area contributed by atoms with E-state index in [1.807, 2.05) is 6.92 Å². The summed E-state index contributed by atoms with van der Waals surface area (Å²) >= 11 is 0. The number of nitrogens with zero attached hydrogens (tertiary/aromatic N) is 1. The lowest BCUT2D eigenvalue weighted by Gasteiger charge is -2.34. The second kappa shape index (κ2) is 4.81. The SMILES string of the molecule is C[C@@H]1CN(C(=O)[C@@H]2CCNC2)c2ccc(F)cc2O1. The number of hydrogen-bond donors (Lipinski definition) is 1. The molecule has 2 aliphatic rings. The summed E-state index contributed by atoms with van der Waals surface area (Å²) < 4.78 is 18.9. The fourth-order valence-corrected chi connectivity index (χ4v) is 2.71. The summed E-state index contributed by atoms with van der Waals surface area (Å²) in [6.45, 7) is 4.02. The summed E-state index contributed by atoms with van der Waals surface area (Å²) in [5, 5.41) is 3.20. The maximum Gasteiger partial charge on any atom is 0.231 e. The van der Waals surface area contributed by atoms with E-state index < -0.39 is 0 Å². The van der Waals surface area contributed by atoms with E-state index in [1.54, 1.807) is 11.0 Å². The van der Waals surface area contributed by atoms with Gasteiger partial charge in [-0.1, -0.05) is 0 Å². The van der Waals surface area contributed by atoms with Crippen molar-refractivity contribution in [2.75, 3.05) is 24.5 Å². The Morgan fingerprint density at radius 3 is 3.11 bits per heavy atom. The van der Waals surface area contributed by atoms with Crippen LogP contribution in [0.5, 0.6) is 5.75 Å². The summed E-state index contributed by atoms with van der Waals surface area (Å²) in [6.07, 6.45) is 0.744. The Bertz CT molecular complexity index is 500. The van der Waals surface area contributed by atoms with Gasteiger partial charge in [-0.15, -0.1) is 0 Å². The Balaban J connectivity index is 1.92. The summed E-state index contributed by atoms with van der Waals surface area (Å²) in [5.74, 6) is 0.233. The van der Waals surface area contributed by atoms with Crippen molar-refractivity contribution in [3.05, 3.63) is 24.0 Å². The molecule has 1 aromatic rings. The molecule has 0 radical (unpaired) electrons. The van der Waals surface area contributed by atoms with Crippen molar-refractivity contribution in [1.82, 2.24) is 5.32 Å². The molecule has 19 heavy (non-hydrogen) atoms. The van der Waals surface area contributed by atoms with Gasteiger partial charge in [-0.25, -0.2) is 4.39 Å². The van der Waals surface area contributed by atoms with Crippen molar-refractivity contribution in [3.63, 3.8) is 0 Å². The van der Waals surface area contributed by atoms with Gasteiger partial charge >= 0.3 is 0 Å². The minimum absolute atomic E-state index is 0.0169. The van der Waals surface area contributed by atoms with Crippen LogP contribution in [0.4, 0.5) is 10.1 Å². The monoisotopic (exact) mass is 264 g/mol. The topological polar surface area (TPSA) is 41.6 Å². The molecule has 0 bridgehead atoms. The Labute approximate surface area is 111 Å². The lowest BCUT2D eigenvalue weighted by atomic mass is 10.1. The molecule has 2 aliphatic heterocycles. The fourth-order valence-electron chi connectivity index (χ4n) is 2.71. The van der Waals surface area contributed by atoms with Crippen LogP contribution < -0.4 is 15.0 Å². The Morgan fingerprint density at radius 1 is 1.53 bits per heavy atom. The maximum atomic E-state index is 13.3. The van der Waals surface area contributed by atoms with E-state index in [-0.39, 0.29) is 23.7 Å². The Hall–Kier alpha value is -1.62. The van der Waals surface area contributed by atoms with E-state index >= 15 is 0 Å². The number of benzene rings is 1. The predicted molar refractivity (Wildman–Crippen MR) is 69.8 cm³/mol. The number of fused-ring (bicyclic) bond motifs is 1. The Morgan fingerprint density at radius 2 is 2.37 bits per heavy atom. The smallest absolute Gasteiger partial charge is 0.231 e. The van der Waals surface area contributed by atoms with Crippen LogP contribution in [0, 0.1) is 11.7 Å². The number of hydrogen-bond acceptors (Lipinski definition) is 3. The average molecular weight is 264 g/mol.